The van der Waals surface area contributed by atoms with Crippen molar-refractivity contribution >= 4 is 34.0 Å². The first kappa shape index (κ1) is 21.3. The van der Waals surface area contributed by atoms with Crippen LogP contribution < -0.4 is 19.7 Å². The zero-order chi connectivity index (χ0) is 23.1. The van der Waals surface area contributed by atoms with Gasteiger partial charge in [-0.15, -0.1) is 11.3 Å². The lowest BCUT2D eigenvalue weighted by atomic mass is 10.1. The fraction of sp³-hybridized carbons (Fsp3) is 0.261. The number of amides is 2. The van der Waals surface area contributed by atoms with E-state index in [2.05, 4.69) is 10.3 Å². The first-order valence-corrected chi connectivity index (χ1v) is 11.1. The lowest BCUT2D eigenvalue weighted by Crippen LogP contribution is -2.28. The summed E-state index contributed by atoms with van der Waals surface area (Å²) in [6, 6.07) is 8.81. The normalized spacial score (nSPS) is 17.4. The van der Waals surface area contributed by atoms with E-state index < -0.39 is 17.6 Å². The lowest BCUT2D eigenvalue weighted by molar-refractivity contribution is -0.122. The van der Waals surface area contributed by atoms with Crippen molar-refractivity contribution in [1.29, 1.82) is 0 Å². The van der Waals surface area contributed by atoms with E-state index in [1.54, 1.807) is 30.0 Å². The zero-order valence-electron chi connectivity index (χ0n) is 17.6. The fourth-order valence-electron chi connectivity index (χ4n) is 3.90. The van der Waals surface area contributed by atoms with Crippen LogP contribution >= 0.6 is 11.3 Å². The number of benzene rings is 2. The van der Waals surface area contributed by atoms with Crippen LogP contribution in [0.4, 0.5) is 19.6 Å². The molecule has 0 spiro atoms. The Kier molecular flexibility index (Phi) is 5.45. The smallest absolute Gasteiger partial charge is 0.231 e. The molecule has 33 heavy (non-hydrogen) atoms. The Bertz CT molecular complexity index is 1260. The summed E-state index contributed by atoms with van der Waals surface area (Å²) in [6.45, 7) is 2.93. The van der Waals surface area contributed by atoms with Crippen molar-refractivity contribution in [1.82, 2.24) is 4.98 Å². The third-order valence-corrected chi connectivity index (χ3v) is 6.44. The van der Waals surface area contributed by atoms with E-state index in [1.807, 2.05) is 0 Å². The number of carbonyl (C=O) groups excluding carboxylic acids is 2. The maximum atomic E-state index is 13.6. The molecule has 5 rings (SSSR count). The molecular weight excluding hydrogens is 452 g/mol. The molecule has 2 amide bonds. The van der Waals surface area contributed by atoms with Crippen LogP contribution in [0.3, 0.4) is 0 Å². The van der Waals surface area contributed by atoms with Gasteiger partial charge in [0.15, 0.2) is 28.3 Å². The second kappa shape index (κ2) is 8.43. The van der Waals surface area contributed by atoms with Crippen LogP contribution in [0.1, 0.15) is 11.3 Å². The van der Waals surface area contributed by atoms with Gasteiger partial charge in [0.05, 0.1) is 11.6 Å². The Hall–Kier alpha value is -3.53. The van der Waals surface area contributed by atoms with Crippen LogP contribution in [0, 0.1) is 24.5 Å². The molecule has 0 radical (unpaired) electrons. The van der Waals surface area contributed by atoms with Crippen molar-refractivity contribution in [3.05, 3.63) is 52.9 Å². The number of fused-ring (bicyclic) bond motifs is 1. The zero-order valence-corrected chi connectivity index (χ0v) is 18.4. The number of rotatable bonds is 4. The third kappa shape index (κ3) is 4.13. The predicted octanol–water partition coefficient (Wildman–Crippen LogP) is 4.16. The minimum absolute atomic E-state index is 0.0701. The molecule has 0 aliphatic carbocycles. The van der Waals surface area contributed by atoms with E-state index in [0.717, 1.165) is 17.0 Å². The van der Waals surface area contributed by atoms with Gasteiger partial charge in [-0.05, 0) is 37.3 Å². The van der Waals surface area contributed by atoms with E-state index in [0.29, 0.717) is 46.8 Å². The average Bonchev–Trinajstić information content (AvgIpc) is 3.37. The monoisotopic (exact) mass is 471 g/mol. The van der Waals surface area contributed by atoms with E-state index in [4.69, 9.17) is 9.47 Å². The SMILES string of the molecule is Cc1sc(NC(=O)[C@@H]2CC(=O)N(c3ccc4c(c3)OCCO4)C2)nc1-c1ccc(F)c(F)c1. The number of nitrogens with one attached hydrogen (secondary N) is 1. The van der Waals surface area contributed by atoms with Crippen LogP contribution in [0.5, 0.6) is 11.5 Å². The number of carbonyl (C=O) groups is 2. The van der Waals surface area contributed by atoms with Crippen molar-refractivity contribution in [2.24, 2.45) is 5.92 Å². The largest absolute Gasteiger partial charge is 0.486 e. The fourth-order valence-corrected chi connectivity index (χ4v) is 4.74. The molecule has 1 atom stereocenters. The Balaban J connectivity index is 1.29. The van der Waals surface area contributed by atoms with Crippen LogP contribution in [0.25, 0.3) is 11.3 Å². The molecule has 2 aliphatic rings. The van der Waals surface area contributed by atoms with Crippen molar-refractivity contribution in [3.63, 3.8) is 0 Å². The van der Waals surface area contributed by atoms with Gasteiger partial charge in [0.2, 0.25) is 11.8 Å². The number of aryl methyl sites for hydroxylation is 1. The molecule has 1 saturated heterocycles. The highest BCUT2D eigenvalue weighted by Crippen LogP contribution is 2.36. The van der Waals surface area contributed by atoms with Gasteiger partial charge in [0.1, 0.15) is 13.2 Å². The highest BCUT2D eigenvalue weighted by atomic mass is 32.1. The molecule has 0 unspecified atom stereocenters. The topological polar surface area (TPSA) is 80.8 Å². The summed E-state index contributed by atoms with van der Waals surface area (Å²) in [7, 11) is 0. The Morgan fingerprint density at radius 2 is 1.91 bits per heavy atom. The Labute approximate surface area is 192 Å². The van der Waals surface area contributed by atoms with Crippen LogP contribution in [-0.2, 0) is 9.59 Å². The molecule has 0 bridgehead atoms. The molecule has 7 nitrogen and oxygen atoms in total. The van der Waals surface area contributed by atoms with Gasteiger partial charge < -0.3 is 19.7 Å². The second-order valence-electron chi connectivity index (χ2n) is 7.78. The van der Waals surface area contributed by atoms with Crippen molar-refractivity contribution in [2.45, 2.75) is 13.3 Å². The molecule has 2 aromatic carbocycles. The summed E-state index contributed by atoms with van der Waals surface area (Å²) >= 11 is 1.23. The number of anilines is 2. The van der Waals surface area contributed by atoms with Gasteiger partial charge >= 0.3 is 0 Å². The number of ether oxygens (including phenoxy) is 2. The molecule has 3 heterocycles. The highest BCUT2D eigenvalue weighted by molar-refractivity contribution is 7.16. The maximum Gasteiger partial charge on any atom is 0.231 e. The number of thiazole rings is 1. The van der Waals surface area contributed by atoms with Crippen molar-refractivity contribution in [2.75, 3.05) is 30.0 Å². The molecule has 1 aromatic heterocycles. The number of hydrogen-bond acceptors (Lipinski definition) is 6. The highest BCUT2D eigenvalue weighted by Gasteiger charge is 2.36. The van der Waals surface area contributed by atoms with E-state index in [1.165, 1.54) is 17.4 Å². The Morgan fingerprint density at radius 1 is 1.12 bits per heavy atom. The summed E-state index contributed by atoms with van der Waals surface area (Å²) in [4.78, 5) is 32.1. The molecule has 170 valence electrons. The summed E-state index contributed by atoms with van der Waals surface area (Å²) < 4.78 is 37.9. The van der Waals surface area contributed by atoms with E-state index in [-0.39, 0.29) is 24.8 Å². The van der Waals surface area contributed by atoms with Gasteiger partial charge in [-0.25, -0.2) is 13.8 Å². The van der Waals surface area contributed by atoms with Gasteiger partial charge in [0, 0.05) is 35.2 Å². The van der Waals surface area contributed by atoms with Gasteiger partial charge in [-0.3, -0.25) is 9.59 Å². The molecule has 3 aromatic rings. The predicted molar refractivity (Wildman–Crippen MR) is 119 cm³/mol. The standard InChI is InChI=1S/C23H19F2N3O4S/c1-12-21(13-2-4-16(24)17(25)8-13)26-23(33-12)27-22(30)14-9-20(29)28(11-14)15-3-5-18-19(10-15)32-7-6-31-18/h2-5,8,10,14H,6-7,9,11H2,1H3,(H,26,27,30)/t14-/m1/s1. The molecule has 0 saturated carbocycles. The number of nitrogens with zero attached hydrogens (tertiary/aromatic N) is 2. The summed E-state index contributed by atoms with van der Waals surface area (Å²) in [5, 5.41) is 3.10. The van der Waals surface area contributed by atoms with E-state index in [9.17, 15) is 18.4 Å². The molecule has 1 fully saturated rings. The minimum Gasteiger partial charge on any atom is -0.486 e. The van der Waals surface area contributed by atoms with E-state index >= 15 is 0 Å². The number of halogens is 2. The average molecular weight is 471 g/mol. The van der Waals surface area contributed by atoms with Crippen molar-refractivity contribution < 1.29 is 27.8 Å². The van der Waals surface area contributed by atoms with Gasteiger partial charge in [-0.1, -0.05) is 0 Å². The lowest BCUT2D eigenvalue weighted by Gasteiger charge is -2.22. The number of aromatic nitrogens is 1. The first-order valence-electron chi connectivity index (χ1n) is 10.3. The van der Waals surface area contributed by atoms with Crippen LogP contribution in [0.15, 0.2) is 36.4 Å². The molecule has 1 N–H and O–H groups in total. The second-order valence-corrected chi connectivity index (χ2v) is 8.98. The van der Waals surface area contributed by atoms with Gasteiger partial charge in [0.25, 0.3) is 0 Å². The molecule has 2 aliphatic heterocycles. The summed E-state index contributed by atoms with van der Waals surface area (Å²) in [5.74, 6) is -1.74. The first-order chi connectivity index (χ1) is 15.9. The summed E-state index contributed by atoms with van der Waals surface area (Å²) in [6.07, 6.45) is 0.0701. The molecular formula is C23H19F2N3O4S. The number of hydrogen-bond donors (Lipinski definition) is 1. The molecule has 10 heteroatoms. The van der Waals surface area contributed by atoms with Crippen LogP contribution in [0.2, 0.25) is 0 Å². The minimum atomic E-state index is -0.964. The van der Waals surface area contributed by atoms with Crippen molar-refractivity contribution in [3.8, 4) is 22.8 Å². The third-order valence-electron chi connectivity index (χ3n) is 5.55. The summed E-state index contributed by atoms with van der Waals surface area (Å²) in [5.41, 5.74) is 1.53. The maximum absolute atomic E-state index is 13.6. The Morgan fingerprint density at radius 3 is 2.70 bits per heavy atom. The van der Waals surface area contributed by atoms with Gasteiger partial charge in [-0.2, -0.15) is 0 Å². The van der Waals surface area contributed by atoms with Crippen LogP contribution in [-0.4, -0.2) is 36.6 Å². The quantitative estimate of drug-likeness (QED) is 0.618.